The molecule has 0 N–H and O–H groups in total. The first-order valence-electron chi connectivity index (χ1n) is 13.0. The number of benzene rings is 3. The molecule has 3 aromatic carbocycles. The predicted octanol–water partition coefficient (Wildman–Crippen LogP) is 7.01. The van der Waals surface area contributed by atoms with Gasteiger partial charge in [0.15, 0.2) is 12.4 Å². The maximum Gasteiger partial charge on any atom is 0.339 e. The third-order valence-corrected chi connectivity index (χ3v) is 7.23. The number of hydrogen-bond acceptors (Lipinski definition) is 5. The zero-order valence-electron chi connectivity index (χ0n) is 21.7. The minimum Gasteiger partial charge on any atom is -0.458 e. The van der Waals surface area contributed by atoms with E-state index in [-0.39, 0.29) is 23.0 Å². The summed E-state index contributed by atoms with van der Waals surface area (Å²) in [4.78, 5) is 38.7. The summed E-state index contributed by atoms with van der Waals surface area (Å²) in [5.74, 6) is -0.382. The van der Waals surface area contributed by atoms with E-state index in [0.29, 0.717) is 23.3 Å². The van der Waals surface area contributed by atoms with Crippen molar-refractivity contribution >= 4 is 17.7 Å². The van der Waals surface area contributed by atoms with Gasteiger partial charge in [-0.3, -0.25) is 4.79 Å². The van der Waals surface area contributed by atoms with Gasteiger partial charge in [0, 0.05) is 5.56 Å². The quantitative estimate of drug-likeness (QED) is 0.247. The Labute approximate surface area is 218 Å². The van der Waals surface area contributed by atoms with Crippen LogP contribution in [-0.2, 0) is 9.47 Å². The van der Waals surface area contributed by atoms with Crippen LogP contribution in [0.5, 0.6) is 0 Å². The van der Waals surface area contributed by atoms with Crippen molar-refractivity contribution in [1.82, 2.24) is 0 Å². The molecular formula is C32H34O5. The molecule has 0 saturated heterocycles. The molecule has 0 bridgehead atoms. The number of carbonyl (C=O) groups excluding carboxylic acids is 3. The van der Waals surface area contributed by atoms with Crippen molar-refractivity contribution in [2.24, 2.45) is 17.8 Å². The van der Waals surface area contributed by atoms with E-state index in [1.807, 2.05) is 42.5 Å². The largest absolute Gasteiger partial charge is 0.458 e. The van der Waals surface area contributed by atoms with Gasteiger partial charge in [-0.2, -0.15) is 0 Å². The van der Waals surface area contributed by atoms with Gasteiger partial charge in [-0.15, -0.1) is 0 Å². The highest BCUT2D eigenvalue weighted by Gasteiger charge is 2.34. The third-order valence-electron chi connectivity index (χ3n) is 7.23. The van der Waals surface area contributed by atoms with E-state index in [2.05, 4.69) is 20.8 Å². The molecule has 5 nitrogen and oxygen atoms in total. The van der Waals surface area contributed by atoms with Crippen LogP contribution in [0.3, 0.4) is 0 Å². The first-order chi connectivity index (χ1) is 17.8. The van der Waals surface area contributed by atoms with Crippen molar-refractivity contribution in [3.8, 4) is 11.1 Å². The summed E-state index contributed by atoms with van der Waals surface area (Å²) in [5.41, 5.74) is 2.76. The third kappa shape index (κ3) is 6.53. The maximum atomic E-state index is 13.1. The fraction of sp³-hybridized carbons (Fsp3) is 0.344. The number of esters is 2. The van der Waals surface area contributed by atoms with Crippen LogP contribution in [0.4, 0.5) is 0 Å². The van der Waals surface area contributed by atoms with E-state index in [1.165, 1.54) is 6.07 Å². The lowest BCUT2D eigenvalue weighted by molar-refractivity contribution is -0.0176. The molecule has 3 atom stereocenters. The number of carbonyl (C=O) groups is 3. The molecule has 0 aromatic heterocycles. The zero-order valence-corrected chi connectivity index (χ0v) is 21.7. The molecule has 0 amide bonds. The first-order valence-corrected chi connectivity index (χ1v) is 13.0. The van der Waals surface area contributed by atoms with Gasteiger partial charge in [-0.1, -0.05) is 93.9 Å². The second kappa shape index (κ2) is 12.0. The molecule has 0 spiro atoms. The Morgan fingerprint density at radius 3 is 2.03 bits per heavy atom. The number of rotatable bonds is 8. The fourth-order valence-electron chi connectivity index (χ4n) is 5.06. The van der Waals surface area contributed by atoms with Crippen molar-refractivity contribution in [2.45, 2.75) is 46.1 Å². The van der Waals surface area contributed by atoms with Gasteiger partial charge in [-0.25, -0.2) is 9.59 Å². The van der Waals surface area contributed by atoms with Gasteiger partial charge >= 0.3 is 11.9 Å². The molecule has 0 aliphatic heterocycles. The normalized spacial score (nSPS) is 19.3. The smallest absolute Gasteiger partial charge is 0.339 e. The van der Waals surface area contributed by atoms with E-state index in [9.17, 15) is 14.4 Å². The van der Waals surface area contributed by atoms with E-state index in [1.54, 1.807) is 30.3 Å². The molecule has 192 valence electrons. The van der Waals surface area contributed by atoms with Crippen LogP contribution in [0.25, 0.3) is 11.1 Å². The fourth-order valence-corrected chi connectivity index (χ4v) is 5.06. The highest BCUT2D eigenvalue weighted by atomic mass is 16.5. The maximum absolute atomic E-state index is 13.1. The van der Waals surface area contributed by atoms with Crippen molar-refractivity contribution in [3.05, 3.63) is 95.6 Å². The number of ether oxygens (including phenoxy) is 2. The summed E-state index contributed by atoms with van der Waals surface area (Å²) >= 11 is 0. The summed E-state index contributed by atoms with van der Waals surface area (Å²) in [5, 5.41) is 0. The summed E-state index contributed by atoms with van der Waals surface area (Å²) in [6.45, 7) is 6.06. The standard InChI is InChI=1S/C32H34O5/c1-21(2)26-18-13-22(3)19-30(26)37-32(35)28-12-8-7-11-27(28)31(34)36-20-29(33)25-16-14-24(15-17-25)23-9-5-4-6-10-23/h4-12,14-17,21-22,26,30H,13,18-20H2,1-3H3/t22-,26-,30+/m0/s1. The topological polar surface area (TPSA) is 69.7 Å². The van der Waals surface area contributed by atoms with Crippen LogP contribution in [0.15, 0.2) is 78.9 Å². The summed E-state index contributed by atoms with van der Waals surface area (Å²) in [6, 6.07) is 23.5. The van der Waals surface area contributed by atoms with Gasteiger partial charge in [0.1, 0.15) is 6.10 Å². The Kier molecular flexibility index (Phi) is 8.54. The van der Waals surface area contributed by atoms with E-state index in [0.717, 1.165) is 30.4 Å². The van der Waals surface area contributed by atoms with Crippen molar-refractivity contribution in [2.75, 3.05) is 6.61 Å². The highest BCUT2D eigenvalue weighted by Crippen LogP contribution is 2.36. The minimum absolute atomic E-state index is 0.102. The second-order valence-electron chi connectivity index (χ2n) is 10.3. The minimum atomic E-state index is -0.723. The molecule has 0 radical (unpaired) electrons. The Hall–Kier alpha value is -3.73. The van der Waals surface area contributed by atoms with Crippen LogP contribution >= 0.6 is 0 Å². The van der Waals surface area contributed by atoms with Crippen molar-refractivity contribution in [3.63, 3.8) is 0 Å². The monoisotopic (exact) mass is 498 g/mol. The molecule has 4 rings (SSSR count). The van der Waals surface area contributed by atoms with Gasteiger partial charge in [0.05, 0.1) is 11.1 Å². The van der Waals surface area contributed by atoms with Gasteiger partial charge < -0.3 is 9.47 Å². The number of Topliss-reactive ketones (excluding diaryl/α,β-unsaturated/α-hetero) is 1. The van der Waals surface area contributed by atoms with Crippen molar-refractivity contribution in [1.29, 1.82) is 0 Å². The van der Waals surface area contributed by atoms with Gasteiger partial charge in [0.2, 0.25) is 0 Å². The van der Waals surface area contributed by atoms with E-state index in [4.69, 9.17) is 9.47 Å². The molecule has 5 heteroatoms. The Bertz CT molecular complexity index is 1230. The van der Waals surface area contributed by atoms with Crippen LogP contribution in [0.2, 0.25) is 0 Å². The molecule has 1 aliphatic rings. The van der Waals surface area contributed by atoms with E-state index >= 15 is 0 Å². The molecule has 0 unspecified atom stereocenters. The lowest BCUT2D eigenvalue weighted by Crippen LogP contribution is -2.36. The lowest BCUT2D eigenvalue weighted by Gasteiger charge is -2.36. The van der Waals surface area contributed by atoms with Gasteiger partial charge in [-0.05, 0) is 53.9 Å². The predicted molar refractivity (Wildman–Crippen MR) is 143 cm³/mol. The summed E-state index contributed by atoms with van der Waals surface area (Å²) in [6.07, 6.45) is 2.79. The van der Waals surface area contributed by atoms with Crippen LogP contribution in [-0.4, -0.2) is 30.4 Å². The molecule has 37 heavy (non-hydrogen) atoms. The molecular weight excluding hydrogens is 464 g/mol. The molecule has 1 aliphatic carbocycles. The Morgan fingerprint density at radius 1 is 0.784 bits per heavy atom. The average Bonchev–Trinajstić information content (AvgIpc) is 2.92. The van der Waals surface area contributed by atoms with Crippen LogP contribution in [0.1, 0.15) is 71.1 Å². The Morgan fingerprint density at radius 2 is 1.38 bits per heavy atom. The average molecular weight is 499 g/mol. The zero-order chi connectivity index (χ0) is 26.4. The second-order valence-corrected chi connectivity index (χ2v) is 10.3. The molecule has 0 heterocycles. The number of ketones is 1. The van der Waals surface area contributed by atoms with Crippen molar-refractivity contribution < 1.29 is 23.9 Å². The summed E-state index contributed by atoms with van der Waals surface area (Å²) in [7, 11) is 0. The first kappa shape index (κ1) is 26.3. The molecule has 1 saturated carbocycles. The molecule has 1 fully saturated rings. The van der Waals surface area contributed by atoms with Gasteiger partial charge in [0.25, 0.3) is 0 Å². The number of hydrogen-bond donors (Lipinski definition) is 0. The van der Waals surface area contributed by atoms with Crippen LogP contribution < -0.4 is 0 Å². The molecule has 3 aromatic rings. The summed E-state index contributed by atoms with van der Waals surface area (Å²) < 4.78 is 11.3. The SMILES string of the molecule is CC(C)[C@@H]1CC[C@H](C)C[C@H]1OC(=O)c1ccccc1C(=O)OCC(=O)c1ccc(-c2ccccc2)cc1. The lowest BCUT2D eigenvalue weighted by atomic mass is 9.75. The van der Waals surface area contributed by atoms with E-state index < -0.39 is 18.5 Å². The van der Waals surface area contributed by atoms with Crippen LogP contribution in [0, 0.1) is 17.8 Å². The highest BCUT2D eigenvalue weighted by molar-refractivity contribution is 6.04. The Balaban J connectivity index is 1.40.